The van der Waals surface area contributed by atoms with Crippen molar-refractivity contribution in [3.8, 4) is 0 Å². The van der Waals surface area contributed by atoms with Gasteiger partial charge < -0.3 is 9.52 Å². The van der Waals surface area contributed by atoms with Crippen LogP contribution in [0.4, 0.5) is 0 Å². The molecule has 0 amide bonds. The van der Waals surface area contributed by atoms with E-state index in [-0.39, 0.29) is 6.61 Å². The van der Waals surface area contributed by atoms with E-state index in [4.69, 9.17) is 4.42 Å². The van der Waals surface area contributed by atoms with E-state index in [1.165, 1.54) is 11.1 Å². The number of piperazine rings is 1. The first-order valence-electron chi connectivity index (χ1n) is 8.82. The summed E-state index contributed by atoms with van der Waals surface area (Å²) >= 11 is 0. The molecule has 1 atom stereocenters. The lowest BCUT2D eigenvalue weighted by Gasteiger charge is -2.41. The fraction of sp³-hybridized carbons (Fsp3) is 0.500. The molecule has 1 N–H and O–H groups in total. The van der Waals surface area contributed by atoms with E-state index >= 15 is 0 Å². The second kappa shape index (κ2) is 7.97. The van der Waals surface area contributed by atoms with E-state index in [1.807, 2.05) is 13.0 Å². The van der Waals surface area contributed by atoms with Crippen molar-refractivity contribution in [2.45, 2.75) is 39.4 Å². The Morgan fingerprint density at radius 2 is 1.83 bits per heavy atom. The highest BCUT2D eigenvalue weighted by Crippen LogP contribution is 2.19. The molecule has 0 aliphatic carbocycles. The highest BCUT2D eigenvalue weighted by Gasteiger charge is 2.27. The minimum Gasteiger partial charge on any atom is -0.465 e. The molecule has 24 heavy (non-hydrogen) atoms. The molecule has 1 aliphatic rings. The zero-order valence-electron chi connectivity index (χ0n) is 14.7. The van der Waals surface area contributed by atoms with Gasteiger partial charge in [0.25, 0.3) is 0 Å². The van der Waals surface area contributed by atoms with Crippen molar-refractivity contribution in [2.75, 3.05) is 26.2 Å². The Balaban J connectivity index is 1.61. The summed E-state index contributed by atoms with van der Waals surface area (Å²) in [6, 6.07) is 13.2. The van der Waals surface area contributed by atoms with Gasteiger partial charge in [-0.2, -0.15) is 0 Å². The first-order chi connectivity index (χ1) is 11.6. The molecule has 1 aromatic carbocycles. The molecule has 2 heterocycles. The van der Waals surface area contributed by atoms with Crippen molar-refractivity contribution in [3.63, 3.8) is 0 Å². The van der Waals surface area contributed by atoms with Crippen LogP contribution < -0.4 is 0 Å². The molecule has 1 fully saturated rings. The summed E-state index contributed by atoms with van der Waals surface area (Å²) < 4.78 is 5.71. The number of benzene rings is 1. The van der Waals surface area contributed by atoms with Crippen LogP contribution in [0.5, 0.6) is 0 Å². The summed E-state index contributed by atoms with van der Waals surface area (Å²) in [5, 5.41) is 9.45. The molecule has 2 aromatic rings. The van der Waals surface area contributed by atoms with Crippen LogP contribution in [0.25, 0.3) is 0 Å². The van der Waals surface area contributed by atoms with Crippen LogP contribution in [0.15, 0.2) is 40.8 Å². The molecule has 0 bridgehead atoms. The fourth-order valence-electron chi connectivity index (χ4n) is 3.45. The maximum atomic E-state index is 9.45. The van der Waals surface area contributed by atoms with Crippen LogP contribution >= 0.6 is 0 Å². The van der Waals surface area contributed by atoms with E-state index in [0.717, 1.165) is 50.7 Å². The summed E-state index contributed by atoms with van der Waals surface area (Å²) in [5.74, 6) is 2.00. The van der Waals surface area contributed by atoms with Gasteiger partial charge in [-0.15, -0.1) is 0 Å². The highest BCUT2D eigenvalue weighted by molar-refractivity contribution is 5.21. The zero-order valence-corrected chi connectivity index (χ0v) is 14.7. The van der Waals surface area contributed by atoms with Crippen LogP contribution in [0.3, 0.4) is 0 Å². The van der Waals surface area contributed by atoms with Crippen LogP contribution in [0.2, 0.25) is 0 Å². The molecular weight excluding hydrogens is 300 g/mol. The van der Waals surface area contributed by atoms with Gasteiger partial charge in [0.2, 0.25) is 0 Å². The van der Waals surface area contributed by atoms with Crippen molar-refractivity contribution >= 4 is 0 Å². The van der Waals surface area contributed by atoms with Gasteiger partial charge in [-0.3, -0.25) is 9.80 Å². The third-order valence-electron chi connectivity index (χ3n) is 4.83. The van der Waals surface area contributed by atoms with Gasteiger partial charge in [0.05, 0.1) is 6.54 Å². The Labute approximate surface area is 144 Å². The largest absolute Gasteiger partial charge is 0.465 e. The van der Waals surface area contributed by atoms with Gasteiger partial charge in [0, 0.05) is 38.8 Å². The predicted octanol–water partition coefficient (Wildman–Crippen LogP) is 2.97. The van der Waals surface area contributed by atoms with Gasteiger partial charge in [-0.1, -0.05) is 29.8 Å². The number of nitrogens with zero attached hydrogens (tertiary/aromatic N) is 2. The SMILES string of the molecule is Cc1ccc(CN2CCN(Cc3ccc(C)o3)CC2CCO)cc1. The van der Waals surface area contributed by atoms with E-state index in [1.54, 1.807) is 0 Å². The second-order valence-electron chi connectivity index (χ2n) is 6.87. The van der Waals surface area contributed by atoms with Gasteiger partial charge in [0.1, 0.15) is 11.5 Å². The number of aliphatic hydroxyl groups excluding tert-OH is 1. The standard InChI is InChI=1S/C20H28N2O2/c1-16-3-6-18(7-4-16)13-22-11-10-21(14-19(22)9-12-23)15-20-8-5-17(2)24-20/h3-8,19,23H,9-15H2,1-2H3. The molecule has 0 radical (unpaired) electrons. The van der Waals surface area contributed by atoms with Crippen LogP contribution in [-0.2, 0) is 13.1 Å². The van der Waals surface area contributed by atoms with E-state index in [2.05, 4.69) is 47.1 Å². The van der Waals surface area contributed by atoms with Crippen molar-refractivity contribution in [1.29, 1.82) is 0 Å². The average molecular weight is 328 g/mol. The van der Waals surface area contributed by atoms with E-state index in [0.29, 0.717) is 6.04 Å². The molecule has 0 saturated carbocycles. The Morgan fingerprint density at radius 1 is 1.04 bits per heavy atom. The minimum absolute atomic E-state index is 0.239. The number of furan rings is 1. The van der Waals surface area contributed by atoms with Gasteiger partial charge in [-0.25, -0.2) is 0 Å². The molecule has 4 heteroatoms. The number of aryl methyl sites for hydroxylation is 2. The summed E-state index contributed by atoms with van der Waals surface area (Å²) in [4.78, 5) is 4.94. The Hall–Kier alpha value is -1.62. The van der Waals surface area contributed by atoms with Crippen LogP contribution in [0.1, 0.15) is 29.1 Å². The van der Waals surface area contributed by atoms with Crippen molar-refractivity contribution in [2.24, 2.45) is 0 Å². The van der Waals surface area contributed by atoms with Gasteiger partial charge in [-0.05, 0) is 38.0 Å². The maximum absolute atomic E-state index is 9.45. The van der Waals surface area contributed by atoms with Crippen LogP contribution in [-0.4, -0.2) is 47.2 Å². The second-order valence-corrected chi connectivity index (χ2v) is 6.87. The molecule has 0 spiro atoms. The highest BCUT2D eigenvalue weighted by atomic mass is 16.3. The maximum Gasteiger partial charge on any atom is 0.118 e. The van der Waals surface area contributed by atoms with Crippen LogP contribution in [0, 0.1) is 13.8 Å². The lowest BCUT2D eigenvalue weighted by molar-refractivity contribution is 0.0467. The van der Waals surface area contributed by atoms with E-state index < -0.39 is 0 Å². The summed E-state index contributed by atoms with van der Waals surface area (Å²) in [6.07, 6.45) is 0.819. The molecule has 1 aromatic heterocycles. The lowest BCUT2D eigenvalue weighted by Crippen LogP contribution is -2.52. The summed E-state index contributed by atoms with van der Waals surface area (Å²) in [7, 11) is 0. The summed E-state index contributed by atoms with van der Waals surface area (Å²) in [5.41, 5.74) is 2.64. The third kappa shape index (κ3) is 4.47. The number of aliphatic hydroxyl groups is 1. The third-order valence-corrected chi connectivity index (χ3v) is 4.83. The zero-order chi connectivity index (χ0) is 16.9. The molecule has 130 valence electrons. The van der Waals surface area contributed by atoms with Gasteiger partial charge in [0.15, 0.2) is 0 Å². The predicted molar refractivity (Wildman–Crippen MR) is 95.8 cm³/mol. The quantitative estimate of drug-likeness (QED) is 0.885. The van der Waals surface area contributed by atoms with Gasteiger partial charge >= 0.3 is 0 Å². The molecule has 4 nitrogen and oxygen atoms in total. The summed E-state index contributed by atoms with van der Waals surface area (Å²) in [6.45, 7) is 9.19. The number of rotatable bonds is 6. The van der Waals surface area contributed by atoms with Crippen molar-refractivity contribution < 1.29 is 9.52 Å². The minimum atomic E-state index is 0.239. The number of hydrogen-bond acceptors (Lipinski definition) is 4. The van der Waals surface area contributed by atoms with Crippen molar-refractivity contribution in [3.05, 3.63) is 59.0 Å². The fourth-order valence-corrected chi connectivity index (χ4v) is 3.45. The molecular formula is C20H28N2O2. The molecule has 1 saturated heterocycles. The Kier molecular flexibility index (Phi) is 5.72. The normalized spacial score (nSPS) is 19.7. The first-order valence-corrected chi connectivity index (χ1v) is 8.82. The lowest BCUT2D eigenvalue weighted by atomic mass is 10.1. The average Bonchev–Trinajstić information content (AvgIpc) is 2.97. The molecule has 1 aliphatic heterocycles. The molecule has 3 rings (SSSR count). The Bertz CT molecular complexity index is 635. The monoisotopic (exact) mass is 328 g/mol. The molecule has 1 unspecified atom stereocenters. The van der Waals surface area contributed by atoms with Crippen molar-refractivity contribution in [1.82, 2.24) is 9.80 Å². The topological polar surface area (TPSA) is 39.9 Å². The first kappa shape index (κ1) is 17.2. The smallest absolute Gasteiger partial charge is 0.118 e. The van der Waals surface area contributed by atoms with E-state index in [9.17, 15) is 5.11 Å². The number of hydrogen-bond donors (Lipinski definition) is 1. The Morgan fingerprint density at radius 3 is 2.50 bits per heavy atom.